The highest BCUT2D eigenvalue weighted by Crippen LogP contribution is 2.35. The largest absolute Gasteiger partial charge is 0.490 e. The van der Waals surface area contributed by atoms with Crippen LogP contribution in [0.5, 0.6) is 11.5 Å². The summed E-state index contributed by atoms with van der Waals surface area (Å²) >= 11 is 8.34. The second-order valence-electron chi connectivity index (χ2n) is 6.78. The molecule has 1 aliphatic heterocycles. The Morgan fingerprint density at radius 1 is 1.21 bits per heavy atom. The van der Waals surface area contributed by atoms with Crippen molar-refractivity contribution in [2.75, 3.05) is 25.6 Å². The Kier molecular flexibility index (Phi) is 7.77. The van der Waals surface area contributed by atoms with Crippen molar-refractivity contribution in [1.29, 1.82) is 0 Å². The monoisotopic (exact) mass is 535 g/mol. The number of amides is 3. The van der Waals surface area contributed by atoms with E-state index in [4.69, 9.17) is 21.7 Å². The summed E-state index contributed by atoms with van der Waals surface area (Å²) in [6, 6.07) is 8.49. The minimum atomic E-state index is -0.606. The normalized spacial score (nSPS) is 14.8. The topological polar surface area (TPSA) is 97.0 Å². The molecule has 33 heavy (non-hydrogen) atoms. The van der Waals surface area contributed by atoms with E-state index in [1.165, 1.54) is 37.4 Å². The number of hydrogen-bond acceptors (Lipinski definition) is 6. The minimum Gasteiger partial charge on any atom is -0.490 e. The van der Waals surface area contributed by atoms with E-state index in [1.807, 2.05) is 0 Å². The highest BCUT2D eigenvalue weighted by molar-refractivity contribution is 9.10. The number of nitrogens with one attached hydrogen (secondary N) is 2. The van der Waals surface area contributed by atoms with Crippen LogP contribution in [-0.4, -0.2) is 48.0 Å². The Labute approximate surface area is 202 Å². The molecule has 2 N–H and O–H groups in total. The molecule has 172 valence electrons. The number of ether oxygens (including phenoxy) is 2. The lowest BCUT2D eigenvalue weighted by Gasteiger charge is -2.25. The first-order valence-electron chi connectivity index (χ1n) is 9.69. The molecule has 11 heteroatoms. The molecule has 3 amide bonds. The smallest absolute Gasteiger partial charge is 0.265 e. The van der Waals surface area contributed by atoms with Gasteiger partial charge >= 0.3 is 0 Å². The van der Waals surface area contributed by atoms with E-state index in [9.17, 15) is 18.8 Å². The molecule has 1 saturated heterocycles. The lowest BCUT2D eigenvalue weighted by atomic mass is 10.1. The Bertz CT molecular complexity index is 1150. The maximum Gasteiger partial charge on any atom is 0.265 e. The van der Waals surface area contributed by atoms with Crippen LogP contribution in [-0.2, 0) is 14.4 Å². The zero-order chi connectivity index (χ0) is 24.1. The third kappa shape index (κ3) is 5.93. The van der Waals surface area contributed by atoms with Crippen molar-refractivity contribution in [3.63, 3.8) is 0 Å². The fourth-order valence-corrected chi connectivity index (χ4v) is 3.43. The SMILES string of the molecule is CCOc1cc(/C=C2\C(=O)NC(=S)N(C)C2=O)c(Br)cc1OCC(=O)Nc1ccc(F)cc1. The number of hydrogen-bond donors (Lipinski definition) is 2. The van der Waals surface area contributed by atoms with Crippen LogP contribution in [0, 0.1) is 5.82 Å². The van der Waals surface area contributed by atoms with Gasteiger partial charge in [0, 0.05) is 17.2 Å². The molecule has 2 aromatic rings. The van der Waals surface area contributed by atoms with Crippen LogP contribution in [0.25, 0.3) is 6.08 Å². The summed E-state index contributed by atoms with van der Waals surface area (Å²) in [7, 11) is 1.46. The van der Waals surface area contributed by atoms with Crippen LogP contribution in [0.3, 0.4) is 0 Å². The van der Waals surface area contributed by atoms with Gasteiger partial charge < -0.3 is 14.8 Å². The fraction of sp³-hybridized carbons (Fsp3) is 0.182. The summed E-state index contributed by atoms with van der Waals surface area (Å²) in [4.78, 5) is 38.1. The van der Waals surface area contributed by atoms with E-state index in [-0.39, 0.29) is 23.0 Å². The molecule has 8 nitrogen and oxygen atoms in total. The molecule has 0 saturated carbocycles. The number of likely N-dealkylation sites (N-methyl/N-ethyl adjacent to an activating group) is 1. The van der Waals surface area contributed by atoms with Gasteiger partial charge in [-0.1, -0.05) is 15.9 Å². The Hall–Kier alpha value is -3.31. The number of carbonyl (C=O) groups is 3. The van der Waals surface area contributed by atoms with Crippen molar-refractivity contribution in [2.45, 2.75) is 6.92 Å². The summed E-state index contributed by atoms with van der Waals surface area (Å²) in [6.45, 7) is 1.76. The maximum absolute atomic E-state index is 13.0. The average Bonchev–Trinajstić information content (AvgIpc) is 2.77. The summed E-state index contributed by atoms with van der Waals surface area (Å²) in [6.07, 6.45) is 1.41. The third-order valence-corrected chi connectivity index (χ3v) is 5.52. The highest BCUT2D eigenvalue weighted by atomic mass is 79.9. The average molecular weight is 536 g/mol. The first-order chi connectivity index (χ1) is 15.7. The summed E-state index contributed by atoms with van der Waals surface area (Å²) in [5, 5.41) is 5.07. The van der Waals surface area contributed by atoms with Crippen LogP contribution in [0.4, 0.5) is 10.1 Å². The molecule has 1 fully saturated rings. The van der Waals surface area contributed by atoms with Gasteiger partial charge in [0.15, 0.2) is 23.2 Å². The second-order valence-corrected chi connectivity index (χ2v) is 8.02. The van der Waals surface area contributed by atoms with Crippen LogP contribution in [0.15, 0.2) is 46.4 Å². The van der Waals surface area contributed by atoms with E-state index in [0.717, 1.165) is 4.90 Å². The zero-order valence-corrected chi connectivity index (χ0v) is 20.0. The van der Waals surface area contributed by atoms with Gasteiger partial charge in [0.2, 0.25) is 0 Å². The zero-order valence-electron chi connectivity index (χ0n) is 17.6. The second kappa shape index (κ2) is 10.5. The van der Waals surface area contributed by atoms with Gasteiger partial charge in [0.05, 0.1) is 6.61 Å². The molecule has 0 bridgehead atoms. The number of halogens is 2. The number of carbonyl (C=O) groups excluding carboxylic acids is 3. The number of rotatable bonds is 7. The third-order valence-electron chi connectivity index (χ3n) is 4.45. The minimum absolute atomic E-state index is 0.0267. The van der Waals surface area contributed by atoms with Crippen molar-refractivity contribution in [3.8, 4) is 11.5 Å². The summed E-state index contributed by atoms with van der Waals surface area (Å²) in [5.41, 5.74) is 0.820. The molecule has 0 radical (unpaired) electrons. The first kappa shape index (κ1) is 24.3. The molecule has 0 unspecified atom stereocenters. The van der Waals surface area contributed by atoms with Gasteiger partial charge in [0.1, 0.15) is 11.4 Å². The predicted octanol–water partition coefficient (Wildman–Crippen LogP) is 3.26. The predicted molar refractivity (Wildman–Crippen MR) is 127 cm³/mol. The van der Waals surface area contributed by atoms with Crippen molar-refractivity contribution >= 4 is 62.7 Å². The Morgan fingerprint density at radius 3 is 2.55 bits per heavy atom. The Balaban J connectivity index is 1.80. The van der Waals surface area contributed by atoms with Crippen LogP contribution >= 0.6 is 28.1 Å². The molecule has 0 atom stereocenters. The molecule has 1 heterocycles. The van der Waals surface area contributed by atoms with Crippen molar-refractivity contribution in [2.24, 2.45) is 0 Å². The fourth-order valence-electron chi connectivity index (χ4n) is 2.82. The van der Waals surface area contributed by atoms with Gasteiger partial charge in [-0.3, -0.25) is 24.6 Å². The van der Waals surface area contributed by atoms with Crippen molar-refractivity contribution < 1.29 is 28.2 Å². The van der Waals surface area contributed by atoms with Crippen LogP contribution in [0.1, 0.15) is 12.5 Å². The molecule has 2 aromatic carbocycles. The number of nitrogens with zero attached hydrogens (tertiary/aromatic N) is 1. The van der Waals surface area contributed by atoms with Crippen molar-refractivity contribution in [1.82, 2.24) is 10.2 Å². The highest BCUT2D eigenvalue weighted by Gasteiger charge is 2.31. The number of anilines is 1. The lowest BCUT2D eigenvalue weighted by molar-refractivity contribution is -0.128. The van der Waals surface area contributed by atoms with E-state index in [1.54, 1.807) is 19.1 Å². The van der Waals surface area contributed by atoms with E-state index in [2.05, 4.69) is 26.6 Å². The van der Waals surface area contributed by atoms with Crippen LogP contribution < -0.4 is 20.1 Å². The molecule has 0 aliphatic carbocycles. The van der Waals surface area contributed by atoms with Gasteiger partial charge in [-0.25, -0.2) is 4.39 Å². The molecule has 0 spiro atoms. The molecular formula is C22H19BrFN3O5S. The van der Waals surface area contributed by atoms with E-state index in [0.29, 0.717) is 28.1 Å². The molecule has 1 aliphatic rings. The molecule has 0 aromatic heterocycles. The van der Waals surface area contributed by atoms with E-state index >= 15 is 0 Å². The molecule has 3 rings (SSSR count). The maximum atomic E-state index is 13.0. The summed E-state index contributed by atoms with van der Waals surface area (Å²) < 4.78 is 24.7. The number of benzene rings is 2. The quantitative estimate of drug-likeness (QED) is 0.321. The van der Waals surface area contributed by atoms with Crippen LogP contribution in [0.2, 0.25) is 0 Å². The van der Waals surface area contributed by atoms with Gasteiger partial charge in [-0.2, -0.15) is 0 Å². The first-order valence-corrected chi connectivity index (χ1v) is 10.9. The Morgan fingerprint density at radius 2 is 1.88 bits per heavy atom. The van der Waals surface area contributed by atoms with E-state index < -0.39 is 23.5 Å². The molecular weight excluding hydrogens is 517 g/mol. The summed E-state index contributed by atoms with van der Waals surface area (Å²) in [5.74, 6) is -1.41. The van der Waals surface area contributed by atoms with Gasteiger partial charge in [0.25, 0.3) is 17.7 Å². The lowest BCUT2D eigenvalue weighted by Crippen LogP contribution is -2.52. The van der Waals surface area contributed by atoms with Gasteiger partial charge in [-0.15, -0.1) is 0 Å². The van der Waals surface area contributed by atoms with Crippen molar-refractivity contribution in [3.05, 3.63) is 57.8 Å². The number of thiocarbonyl (C=S) groups is 1. The van der Waals surface area contributed by atoms with Gasteiger partial charge in [-0.05, 0) is 67.2 Å². The standard InChI is InChI=1S/C22H19BrFN3O5S/c1-3-31-17-9-12(8-15-20(29)26-22(33)27(2)21(15)30)16(23)10-18(17)32-11-19(28)25-14-6-4-13(24)5-7-14/h4-10H,3,11H2,1-2H3,(H,25,28)(H,26,29,33)/b15-8+.